The summed E-state index contributed by atoms with van der Waals surface area (Å²) in [5.41, 5.74) is 3.48. The molecule has 3 aromatic rings. The Kier molecular flexibility index (Phi) is 5.01. The zero-order chi connectivity index (χ0) is 22.2. The van der Waals surface area contributed by atoms with E-state index in [2.05, 4.69) is 20.8 Å². The van der Waals surface area contributed by atoms with Crippen molar-refractivity contribution in [3.63, 3.8) is 0 Å². The number of nitrogens with one attached hydrogen (secondary N) is 1. The van der Waals surface area contributed by atoms with E-state index in [-0.39, 0.29) is 11.7 Å². The number of aromatic nitrogens is 4. The molecular formula is C23H23N5O4. The molecule has 2 aromatic carbocycles. The van der Waals surface area contributed by atoms with Crippen molar-refractivity contribution in [1.29, 1.82) is 0 Å². The average Bonchev–Trinajstić information content (AvgIpc) is 3.30. The van der Waals surface area contributed by atoms with Crippen LogP contribution in [0.4, 0.5) is 5.95 Å². The van der Waals surface area contributed by atoms with Crippen molar-refractivity contribution in [2.24, 2.45) is 0 Å². The molecule has 0 radical (unpaired) electrons. The molecular weight excluding hydrogens is 410 g/mol. The Labute approximate surface area is 185 Å². The third-order valence-electron chi connectivity index (χ3n) is 6.09. The zero-order valence-corrected chi connectivity index (χ0v) is 18.0. The number of carbonyl (C=O) groups is 1. The first-order chi connectivity index (χ1) is 15.6. The lowest BCUT2D eigenvalue weighted by atomic mass is 9.78. The van der Waals surface area contributed by atoms with Crippen LogP contribution in [0.15, 0.2) is 53.7 Å². The van der Waals surface area contributed by atoms with Crippen LogP contribution >= 0.6 is 0 Å². The Bertz CT molecular complexity index is 1200. The molecule has 2 aliphatic rings. The van der Waals surface area contributed by atoms with E-state index in [0.717, 1.165) is 22.6 Å². The van der Waals surface area contributed by atoms with Gasteiger partial charge in [-0.1, -0.05) is 23.3 Å². The lowest BCUT2D eigenvalue weighted by Crippen LogP contribution is -2.33. The van der Waals surface area contributed by atoms with Crippen LogP contribution in [0, 0.1) is 0 Å². The van der Waals surface area contributed by atoms with E-state index in [1.165, 1.54) is 0 Å². The van der Waals surface area contributed by atoms with Gasteiger partial charge in [0, 0.05) is 17.7 Å². The number of methoxy groups -OCH3 is 3. The summed E-state index contributed by atoms with van der Waals surface area (Å²) in [7, 11) is 4.81. The van der Waals surface area contributed by atoms with Crippen molar-refractivity contribution in [2.75, 3.05) is 26.6 Å². The van der Waals surface area contributed by atoms with Gasteiger partial charge in [0.25, 0.3) is 0 Å². The normalized spacial score (nSPS) is 19.7. The van der Waals surface area contributed by atoms with Crippen LogP contribution in [0.2, 0.25) is 0 Å². The second kappa shape index (κ2) is 7.99. The Morgan fingerprint density at radius 1 is 0.938 bits per heavy atom. The first kappa shape index (κ1) is 20.0. The van der Waals surface area contributed by atoms with Crippen molar-refractivity contribution in [3.8, 4) is 17.2 Å². The summed E-state index contributed by atoms with van der Waals surface area (Å²) in [5, 5.41) is 15.4. The molecule has 0 saturated carbocycles. The summed E-state index contributed by atoms with van der Waals surface area (Å²) >= 11 is 0. The summed E-state index contributed by atoms with van der Waals surface area (Å²) in [6, 6.07) is 13.0. The molecule has 5 rings (SSSR count). The van der Waals surface area contributed by atoms with E-state index >= 15 is 0 Å². The Morgan fingerprint density at radius 2 is 1.69 bits per heavy atom. The lowest BCUT2D eigenvalue weighted by molar-refractivity contribution is -0.116. The summed E-state index contributed by atoms with van der Waals surface area (Å²) in [6.07, 6.45) is 1.10. The number of Topliss-reactive ketones (excluding diaryl/α,β-unsaturated/α-hetero) is 1. The molecule has 0 fully saturated rings. The molecule has 164 valence electrons. The highest BCUT2D eigenvalue weighted by atomic mass is 16.5. The monoisotopic (exact) mass is 433 g/mol. The minimum atomic E-state index is -0.444. The molecule has 1 aromatic heterocycles. The number of anilines is 1. The Morgan fingerprint density at radius 3 is 2.41 bits per heavy atom. The first-order valence-electron chi connectivity index (χ1n) is 10.3. The standard InChI is InChI=1S/C23H23N5O4/c1-30-16-7-4-13(5-8-16)15-10-17-21(18(29)11-15)22(28-23(24-17)25-26-27-28)14-6-9-19(31-2)20(12-14)32-3/h4-9,12,15,22H,10-11H2,1-3H3,(H,24,25,27)/t15-,22+/m1/s1. The number of nitrogens with zero attached hydrogens (tertiary/aromatic N) is 4. The van der Waals surface area contributed by atoms with Crippen LogP contribution in [0.25, 0.3) is 0 Å². The lowest BCUT2D eigenvalue weighted by Gasteiger charge is -2.34. The Hall–Kier alpha value is -3.88. The van der Waals surface area contributed by atoms with Gasteiger partial charge in [0.1, 0.15) is 11.8 Å². The summed E-state index contributed by atoms with van der Waals surface area (Å²) in [6.45, 7) is 0. The highest BCUT2D eigenvalue weighted by Gasteiger charge is 2.40. The Balaban J connectivity index is 1.56. The smallest absolute Gasteiger partial charge is 0.248 e. The molecule has 2 atom stereocenters. The molecule has 0 saturated heterocycles. The van der Waals surface area contributed by atoms with E-state index in [4.69, 9.17) is 14.2 Å². The fraction of sp³-hybridized carbons (Fsp3) is 0.304. The quantitative estimate of drug-likeness (QED) is 0.655. The van der Waals surface area contributed by atoms with E-state index in [9.17, 15) is 4.79 Å². The average molecular weight is 433 g/mol. The molecule has 0 amide bonds. The van der Waals surface area contributed by atoms with Crippen LogP contribution in [-0.2, 0) is 4.79 Å². The van der Waals surface area contributed by atoms with Gasteiger partial charge in [-0.25, -0.2) is 0 Å². The van der Waals surface area contributed by atoms with Crippen molar-refractivity contribution < 1.29 is 19.0 Å². The molecule has 9 heteroatoms. The van der Waals surface area contributed by atoms with Crippen molar-refractivity contribution in [1.82, 2.24) is 20.2 Å². The topological polar surface area (TPSA) is 100 Å². The first-order valence-corrected chi connectivity index (χ1v) is 10.3. The molecule has 0 unspecified atom stereocenters. The second-order valence-electron chi connectivity index (χ2n) is 7.78. The van der Waals surface area contributed by atoms with E-state index < -0.39 is 6.04 Å². The fourth-order valence-electron chi connectivity index (χ4n) is 4.52. The highest BCUT2D eigenvalue weighted by molar-refractivity contribution is 6.00. The van der Waals surface area contributed by atoms with Crippen molar-refractivity contribution >= 4 is 11.7 Å². The molecule has 2 heterocycles. The minimum Gasteiger partial charge on any atom is -0.497 e. The number of benzene rings is 2. The largest absolute Gasteiger partial charge is 0.497 e. The van der Waals surface area contributed by atoms with Crippen LogP contribution in [-0.4, -0.2) is 47.3 Å². The van der Waals surface area contributed by atoms with E-state index in [0.29, 0.717) is 35.9 Å². The maximum absolute atomic E-state index is 13.5. The predicted molar refractivity (Wildman–Crippen MR) is 116 cm³/mol. The molecule has 1 aliphatic heterocycles. The maximum Gasteiger partial charge on any atom is 0.248 e. The van der Waals surface area contributed by atoms with Crippen molar-refractivity contribution in [2.45, 2.75) is 24.8 Å². The van der Waals surface area contributed by atoms with Gasteiger partial charge in [-0.05, 0) is 58.2 Å². The molecule has 9 nitrogen and oxygen atoms in total. The van der Waals surface area contributed by atoms with Crippen LogP contribution in [0.3, 0.4) is 0 Å². The van der Waals surface area contributed by atoms with Gasteiger partial charge in [0.05, 0.1) is 21.3 Å². The molecule has 32 heavy (non-hydrogen) atoms. The summed E-state index contributed by atoms with van der Waals surface area (Å²) < 4.78 is 17.8. The van der Waals surface area contributed by atoms with Gasteiger partial charge in [-0.3, -0.25) is 4.79 Å². The van der Waals surface area contributed by atoms with Gasteiger partial charge in [-0.2, -0.15) is 4.68 Å². The van der Waals surface area contributed by atoms with Gasteiger partial charge >= 0.3 is 0 Å². The highest BCUT2D eigenvalue weighted by Crippen LogP contribution is 2.45. The molecule has 1 aliphatic carbocycles. The molecule has 0 bridgehead atoms. The second-order valence-corrected chi connectivity index (χ2v) is 7.78. The van der Waals surface area contributed by atoms with Crippen LogP contribution in [0.5, 0.6) is 17.2 Å². The van der Waals surface area contributed by atoms with Crippen LogP contribution in [0.1, 0.15) is 35.9 Å². The number of tetrazole rings is 1. The number of carbonyl (C=O) groups excluding carboxylic acids is 1. The minimum absolute atomic E-state index is 0.0631. The summed E-state index contributed by atoms with van der Waals surface area (Å²) in [4.78, 5) is 13.5. The number of ether oxygens (including phenoxy) is 3. The number of rotatable bonds is 5. The van der Waals surface area contributed by atoms with Gasteiger partial charge in [-0.15, -0.1) is 0 Å². The number of allylic oxidation sites excluding steroid dienone is 2. The number of fused-ring (bicyclic) bond motifs is 1. The summed E-state index contributed by atoms with van der Waals surface area (Å²) in [5.74, 6) is 2.63. The van der Waals surface area contributed by atoms with E-state index in [1.54, 1.807) is 26.0 Å². The van der Waals surface area contributed by atoms with Crippen LogP contribution < -0.4 is 19.5 Å². The number of ketones is 1. The van der Waals surface area contributed by atoms with Gasteiger partial charge in [0.15, 0.2) is 17.3 Å². The third kappa shape index (κ3) is 3.26. The van der Waals surface area contributed by atoms with Gasteiger partial charge < -0.3 is 19.5 Å². The third-order valence-corrected chi connectivity index (χ3v) is 6.09. The van der Waals surface area contributed by atoms with Crippen molar-refractivity contribution in [3.05, 3.63) is 64.9 Å². The van der Waals surface area contributed by atoms with Gasteiger partial charge in [0.2, 0.25) is 5.95 Å². The molecule has 1 N–H and O–H groups in total. The van der Waals surface area contributed by atoms with E-state index in [1.807, 2.05) is 42.5 Å². The molecule has 0 spiro atoms. The zero-order valence-electron chi connectivity index (χ0n) is 18.0. The fourth-order valence-corrected chi connectivity index (χ4v) is 4.52. The SMILES string of the molecule is COc1ccc([C@H]2CC(=O)C3=C(C2)Nc2nnnn2[C@H]3c2ccc(OC)c(OC)c2)cc1. The maximum atomic E-state index is 13.5. The number of hydrogen-bond acceptors (Lipinski definition) is 8. The number of hydrogen-bond donors (Lipinski definition) is 1. The predicted octanol–water partition coefficient (Wildman–Crippen LogP) is 3.11.